The van der Waals surface area contributed by atoms with Crippen LogP contribution < -0.4 is 0 Å². The Bertz CT molecular complexity index is 1070. The van der Waals surface area contributed by atoms with E-state index in [0.717, 1.165) is 48.5 Å². The van der Waals surface area contributed by atoms with Crippen molar-refractivity contribution in [3.05, 3.63) is 81.8 Å². The molecule has 0 unspecified atom stereocenters. The van der Waals surface area contributed by atoms with Crippen LogP contribution in [0.15, 0.2) is 48.5 Å². The van der Waals surface area contributed by atoms with Gasteiger partial charge in [-0.2, -0.15) is 35.9 Å². The molecule has 2 aromatic carbocycles. The average molecular weight is 486 g/mol. The molecule has 178 valence electrons. The van der Waals surface area contributed by atoms with Crippen molar-refractivity contribution in [3.63, 3.8) is 0 Å². The molecule has 0 aliphatic heterocycles. The topological polar surface area (TPSA) is 125 Å². The molecule has 0 aromatic heterocycles. The van der Waals surface area contributed by atoms with Crippen molar-refractivity contribution in [3.8, 4) is 0 Å². The second-order valence-electron chi connectivity index (χ2n) is 6.44. The standard InChI is InChI=1S/C20H12F6N4O4/c21-19(22,23)15(29-27)13-5-1-11(2-6-13)9-33-17(31)18(32)34-10-12-3-7-14(8-4-12)16(30-28)20(24,25)26/h1-8H,9-10H2. The number of benzene rings is 2. The van der Waals surface area contributed by atoms with Gasteiger partial charge < -0.3 is 20.5 Å². The molecule has 34 heavy (non-hydrogen) atoms. The lowest BCUT2D eigenvalue weighted by Crippen LogP contribution is -2.25. The summed E-state index contributed by atoms with van der Waals surface area (Å²) in [5.41, 5.74) is 13.5. The molecular formula is C20H12F6N4O4. The lowest BCUT2D eigenvalue weighted by Gasteiger charge is -2.07. The van der Waals surface area contributed by atoms with Gasteiger partial charge in [0.1, 0.15) is 13.2 Å². The van der Waals surface area contributed by atoms with Gasteiger partial charge in [0.15, 0.2) is 0 Å². The van der Waals surface area contributed by atoms with E-state index in [0.29, 0.717) is 0 Å². The molecule has 0 bridgehead atoms. The number of halogens is 6. The molecule has 2 rings (SSSR count). The Morgan fingerprint density at radius 2 is 0.941 bits per heavy atom. The molecule has 0 fully saturated rings. The van der Waals surface area contributed by atoms with Gasteiger partial charge in [0.2, 0.25) is 0 Å². The maximum atomic E-state index is 12.7. The normalized spacial score (nSPS) is 11.1. The summed E-state index contributed by atoms with van der Waals surface area (Å²) in [5.74, 6) is -2.83. The van der Waals surface area contributed by atoms with Gasteiger partial charge in [0.25, 0.3) is 0 Å². The van der Waals surface area contributed by atoms with Crippen molar-refractivity contribution in [1.29, 1.82) is 0 Å². The van der Waals surface area contributed by atoms with Crippen LogP contribution in [-0.2, 0) is 32.3 Å². The van der Waals surface area contributed by atoms with Crippen LogP contribution in [0.5, 0.6) is 0 Å². The highest BCUT2D eigenvalue weighted by Crippen LogP contribution is 2.22. The van der Waals surface area contributed by atoms with E-state index < -0.39 is 60.1 Å². The maximum absolute atomic E-state index is 12.7. The number of rotatable bonds is 6. The number of hydrogen-bond acceptors (Lipinski definition) is 4. The van der Waals surface area contributed by atoms with Gasteiger partial charge >= 0.3 is 35.7 Å². The molecule has 0 radical (unpaired) electrons. The summed E-state index contributed by atoms with van der Waals surface area (Å²) < 4.78 is 85.5. The largest absolute Gasteiger partial charge is 0.495 e. The van der Waals surface area contributed by atoms with Crippen molar-refractivity contribution < 1.29 is 55.0 Å². The molecule has 2 aromatic rings. The number of hydrogen-bond donors (Lipinski definition) is 0. The van der Waals surface area contributed by atoms with Gasteiger partial charge in [0.05, 0.1) is 11.1 Å². The lowest BCUT2D eigenvalue weighted by molar-refractivity contribution is -0.169. The second kappa shape index (κ2) is 10.6. The minimum Gasteiger partial charge on any atom is -0.452 e. The smallest absolute Gasteiger partial charge is 0.452 e. The van der Waals surface area contributed by atoms with Gasteiger partial charge in [-0.3, -0.25) is 0 Å². The third-order valence-electron chi connectivity index (χ3n) is 4.10. The van der Waals surface area contributed by atoms with Crippen LogP contribution in [0.4, 0.5) is 26.3 Å². The predicted octanol–water partition coefficient (Wildman–Crippen LogP) is 3.64. The van der Waals surface area contributed by atoms with E-state index in [1.807, 2.05) is 0 Å². The van der Waals surface area contributed by atoms with Crippen molar-refractivity contribution in [2.75, 3.05) is 0 Å². The number of esters is 2. The summed E-state index contributed by atoms with van der Waals surface area (Å²) in [7, 11) is 0. The summed E-state index contributed by atoms with van der Waals surface area (Å²) in [5, 5.41) is 0. The number of alkyl halides is 6. The molecule has 0 saturated heterocycles. The monoisotopic (exact) mass is 486 g/mol. The molecule has 0 N–H and O–H groups in total. The fourth-order valence-electron chi connectivity index (χ4n) is 2.49. The molecule has 0 aliphatic carbocycles. The van der Waals surface area contributed by atoms with Crippen LogP contribution in [0, 0.1) is 0 Å². The first-order valence-corrected chi connectivity index (χ1v) is 8.97. The molecule has 0 heterocycles. The van der Waals surface area contributed by atoms with Crippen molar-refractivity contribution >= 4 is 23.4 Å². The molecule has 14 heteroatoms. The van der Waals surface area contributed by atoms with Crippen LogP contribution in [0.3, 0.4) is 0 Å². The lowest BCUT2D eigenvalue weighted by atomic mass is 10.1. The molecule has 0 amide bonds. The average Bonchev–Trinajstić information content (AvgIpc) is 2.76. The summed E-state index contributed by atoms with van der Waals surface area (Å²) in [6.07, 6.45) is -9.78. The SMILES string of the molecule is [N-]=[N+]=C(c1ccc(COC(=O)C(=O)OCc2ccc(C(=[N+]=[N-])C(F)(F)F)cc2)cc1)C(F)(F)F. The van der Waals surface area contributed by atoms with E-state index in [9.17, 15) is 35.9 Å². The minimum atomic E-state index is -4.89. The third-order valence-corrected chi connectivity index (χ3v) is 4.10. The van der Waals surface area contributed by atoms with E-state index in [1.165, 1.54) is 0 Å². The van der Waals surface area contributed by atoms with Crippen LogP contribution in [-0.4, -0.2) is 45.3 Å². The predicted molar refractivity (Wildman–Crippen MR) is 100 cm³/mol. The zero-order chi connectivity index (χ0) is 25.5. The Hall–Kier alpha value is -4.28. The fourth-order valence-corrected chi connectivity index (χ4v) is 2.49. The molecule has 8 nitrogen and oxygen atoms in total. The summed E-state index contributed by atoms with van der Waals surface area (Å²) in [4.78, 5) is 27.9. The number of nitrogens with zero attached hydrogens (tertiary/aromatic N) is 4. The maximum Gasteiger partial charge on any atom is 0.495 e. The highest BCUT2D eigenvalue weighted by molar-refractivity contribution is 6.29. The number of carbonyl (C=O) groups is 2. The number of carbonyl (C=O) groups excluding carboxylic acids is 2. The van der Waals surface area contributed by atoms with Crippen LogP contribution in [0.2, 0.25) is 0 Å². The Morgan fingerprint density at radius 1 is 0.647 bits per heavy atom. The summed E-state index contributed by atoms with van der Waals surface area (Å²) in [6, 6.07) is 8.49. The second-order valence-corrected chi connectivity index (χ2v) is 6.44. The minimum absolute atomic E-state index is 0.214. The zero-order valence-corrected chi connectivity index (χ0v) is 16.7. The molecule has 0 atom stereocenters. The van der Waals surface area contributed by atoms with Gasteiger partial charge in [-0.05, 0) is 35.4 Å². The van der Waals surface area contributed by atoms with Gasteiger partial charge in [-0.1, -0.05) is 24.3 Å². The van der Waals surface area contributed by atoms with Crippen molar-refractivity contribution in [2.45, 2.75) is 25.6 Å². The van der Waals surface area contributed by atoms with E-state index in [2.05, 4.69) is 9.58 Å². The summed E-state index contributed by atoms with van der Waals surface area (Å²) >= 11 is 0. The summed E-state index contributed by atoms with van der Waals surface area (Å²) in [6.45, 7) is -0.970. The number of ether oxygens (including phenoxy) is 2. The van der Waals surface area contributed by atoms with E-state index in [4.69, 9.17) is 20.5 Å². The Morgan fingerprint density at radius 3 is 1.18 bits per heavy atom. The van der Waals surface area contributed by atoms with Crippen LogP contribution in [0.1, 0.15) is 22.3 Å². The van der Waals surface area contributed by atoms with Crippen molar-refractivity contribution in [1.82, 2.24) is 0 Å². The molecule has 0 spiro atoms. The Kier molecular flexibility index (Phi) is 8.07. The molecule has 0 aliphatic rings. The highest BCUT2D eigenvalue weighted by Gasteiger charge is 2.46. The first kappa shape index (κ1) is 26.0. The first-order valence-electron chi connectivity index (χ1n) is 8.97. The fraction of sp³-hybridized carbons (Fsp3) is 0.200. The van der Waals surface area contributed by atoms with E-state index in [-0.39, 0.29) is 11.1 Å². The van der Waals surface area contributed by atoms with Gasteiger partial charge in [-0.15, -0.1) is 0 Å². The Labute approximate surface area is 186 Å². The highest BCUT2D eigenvalue weighted by atomic mass is 19.4. The van der Waals surface area contributed by atoms with Gasteiger partial charge in [-0.25, -0.2) is 9.59 Å². The van der Waals surface area contributed by atoms with E-state index in [1.54, 1.807) is 0 Å². The molecule has 0 saturated carbocycles. The third kappa shape index (κ3) is 6.86. The molecular weight excluding hydrogens is 474 g/mol. The van der Waals surface area contributed by atoms with E-state index >= 15 is 0 Å². The Balaban J connectivity index is 1.90. The quantitative estimate of drug-likeness (QED) is 0.154. The van der Waals surface area contributed by atoms with Crippen LogP contribution in [0.25, 0.3) is 11.1 Å². The first-order chi connectivity index (χ1) is 15.9. The van der Waals surface area contributed by atoms with Crippen molar-refractivity contribution in [2.24, 2.45) is 0 Å². The zero-order valence-electron chi connectivity index (χ0n) is 16.7. The van der Waals surface area contributed by atoms with Gasteiger partial charge in [0, 0.05) is 0 Å². The van der Waals surface area contributed by atoms with Crippen LogP contribution >= 0.6 is 0 Å².